The zero-order valence-corrected chi connectivity index (χ0v) is 6.99. The molecule has 0 aliphatic carbocycles. The molecule has 0 saturated carbocycles. The van der Waals surface area contributed by atoms with Crippen molar-refractivity contribution in [3.05, 3.63) is 0 Å². The van der Waals surface area contributed by atoms with Crippen LogP contribution in [-0.4, -0.2) is 22.5 Å². The van der Waals surface area contributed by atoms with Crippen molar-refractivity contribution in [2.24, 2.45) is 0 Å². The molecule has 0 radical (unpaired) electrons. The largest absolute Gasteiger partial charge is 0.363 e. The highest BCUT2D eigenvalue weighted by molar-refractivity contribution is 7.80. The summed E-state index contributed by atoms with van der Waals surface area (Å²) in [5.41, 5.74) is 0. The first-order valence-corrected chi connectivity index (χ1v) is 4.58. The van der Waals surface area contributed by atoms with E-state index in [1.807, 2.05) is 0 Å². The lowest BCUT2D eigenvalue weighted by molar-refractivity contribution is 0.265. The highest BCUT2D eigenvalue weighted by Gasteiger charge is 2.29. The van der Waals surface area contributed by atoms with Crippen molar-refractivity contribution in [1.29, 1.82) is 0 Å². The fraction of sp³-hybridized carbons (Fsp3) is 0.875. The summed E-state index contributed by atoms with van der Waals surface area (Å²) in [5, 5.41) is 0. The average Bonchev–Trinajstić information content (AvgIpc) is 2.34. The van der Waals surface area contributed by atoms with Gasteiger partial charge in [-0.15, -0.1) is 0 Å². The van der Waals surface area contributed by atoms with Gasteiger partial charge in [0.15, 0.2) is 0 Å². The number of hydrogen-bond donors (Lipinski definition) is 0. The number of nitrogens with zero attached hydrogens (tertiary/aromatic N) is 1. The van der Waals surface area contributed by atoms with Gasteiger partial charge in [0.1, 0.15) is 0 Å². The van der Waals surface area contributed by atoms with Crippen molar-refractivity contribution in [3.8, 4) is 0 Å². The molecule has 0 spiro atoms. The maximum Gasteiger partial charge on any atom is 0.0782 e. The molecule has 0 aromatic rings. The van der Waals surface area contributed by atoms with Gasteiger partial charge in [0, 0.05) is 12.6 Å². The van der Waals surface area contributed by atoms with Gasteiger partial charge in [-0.1, -0.05) is 12.2 Å². The van der Waals surface area contributed by atoms with E-state index in [1.165, 1.54) is 43.6 Å². The van der Waals surface area contributed by atoms with E-state index in [9.17, 15) is 0 Å². The molecule has 1 atom stereocenters. The summed E-state index contributed by atoms with van der Waals surface area (Å²) in [6, 6.07) is 0.834. The van der Waals surface area contributed by atoms with E-state index in [0.717, 1.165) is 6.04 Å². The van der Waals surface area contributed by atoms with Crippen LogP contribution in [0.5, 0.6) is 0 Å². The van der Waals surface area contributed by atoms with Crippen LogP contribution in [0.25, 0.3) is 0 Å². The maximum absolute atomic E-state index is 5.24. The summed E-state index contributed by atoms with van der Waals surface area (Å²) in [7, 11) is 0. The van der Waals surface area contributed by atoms with E-state index in [2.05, 4.69) is 4.90 Å². The monoisotopic (exact) mass is 155 g/mol. The summed E-state index contributed by atoms with van der Waals surface area (Å²) >= 11 is 5.24. The van der Waals surface area contributed by atoms with Gasteiger partial charge in [0.05, 0.1) is 4.99 Å². The number of rotatable bonds is 0. The molecule has 2 heteroatoms. The van der Waals surface area contributed by atoms with Crippen molar-refractivity contribution in [3.63, 3.8) is 0 Å². The Hall–Kier alpha value is -0.110. The lowest BCUT2D eigenvalue weighted by Crippen LogP contribution is -2.36. The van der Waals surface area contributed by atoms with Gasteiger partial charge < -0.3 is 4.90 Å². The second-order valence-corrected chi connectivity index (χ2v) is 3.75. The van der Waals surface area contributed by atoms with E-state index in [1.54, 1.807) is 0 Å². The van der Waals surface area contributed by atoms with Gasteiger partial charge >= 0.3 is 0 Å². The molecular weight excluding hydrogens is 142 g/mol. The summed E-state index contributed by atoms with van der Waals surface area (Å²) in [5.74, 6) is 0. The third kappa shape index (κ3) is 0.947. The summed E-state index contributed by atoms with van der Waals surface area (Å²) in [6.07, 6.45) is 6.68. The molecule has 10 heavy (non-hydrogen) atoms. The van der Waals surface area contributed by atoms with Crippen LogP contribution in [0.2, 0.25) is 0 Å². The molecule has 1 nitrogen and oxygen atoms in total. The quantitative estimate of drug-likeness (QED) is 0.492. The minimum Gasteiger partial charge on any atom is -0.363 e. The van der Waals surface area contributed by atoms with Crippen molar-refractivity contribution >= 4 is 17.2 Å². The van der Waals surface area contributed by atoms with Gasteiger partial charge in [-0.05, 0) is 32.1 Å². The average molecular weight is 155 g/mol. The topological polar surface area (TPSA) is 3.24 Å². The van der Waals surface area contributed by atoms with E-state index in [-0.39, 0.29) is 0 Å². The first-order valence-electron chi connectivity index (χ1n) is 4.17. The minimum absolute atomic E-state index is 0.834. The minimum atomic E-state index is 0.834. The Morgan fingerprint density at radius 3 is 3.00 bits per heavy atom. The van der Waals surface area contributed by atoms with E-state index >= 15 is 0 Å². The normalized spacial score (nSPS) is 32.6. The SMILES string of the molecule is S=C1CCC2CCCCN12. The fourth-order valence-corrected chi connectivity index (χ4v) is 2.42. The van der Waals surface area contributed by atoms with Crippen molar-refractivity contribution in [2.75, 3.05) is 6.54 Å². The molecule has 0 N–H and O–H groups in total. The molecule has 2 aliphatic heterocycles. The van der Waals surface area contributed by atoms with Crippen LogP contribution in [0.15, 0.2) is 0 Å². The van der Waals surface area contributed by atoms with Crippen molar-refractivity contribution < 1.29 is 0 Å². The third-order valence-corrected chi connectivity index (χ3v) is 3.08. The smallest absolute Gasteiger partial charge is 0.0782 e. The van der Waals surface area contributed by atoms with Crippen LogP contribution in [0.1, 0.15) is 32.1 Å². The Morgan fingerprint density at radius 2 is 2.20 bits per heavy atom. The zero-order chi connectivity index (χ0) is 6.97. The van der Waals surface area contributed by atoms with E-state index in [0.29, 0.717) is 0 Å². The highest BCUT2D eigenvalue weighted by Crippen LogP contribution is 2.28. The number of thiocarbonyl (C=S) groups is 1. The summed E-state index contributed by atoms with van der Waals surface area (Å²) < 4.78 is 0. The Bertz CT molecular complexity index is 155. The van der Waals surface area contributed by atoms with Gasteiger partial charge in [0.25, 0.3) is 0 Å². The zero-order valence-electron chi connectivity index (χ0n) is 6.18. The molecule has 0 aromatic heterocycles. The van der Waals surface area contributed by atoms with Crippen LogP contribution in [0, 0.1) is 0 Å². The third-order valence-electron chi connectivity index (χ3n) is 2.64. The Morgan fingerprint density at radius 1 is 1.30 bits per heavy atom. The van der Waals surface area contributed by atoms with Gasteiger partial charge in [-0.2, -0.15) is 0 Å². The number of hydrogen-bond acceptors (Lipinski definition) is 1. The molecule has 2 heterocycles. The Labute approximate surface area is 67.4 Å². The summed E-state index contributed by atoms with van der Waals surface area (Å²) in [6.45, 7) is 1.24. The Kier molecular flexibility index (Phi) is 1.65. The second kappa shape index (κ2) is 2.50. The first-order chi connectivity index (χ1) is 4.88. The van der Waals surface area contributed by atoms with Crippen LogP contribution < -0.4 is 0 Å². The van der Waals surface area contributed by atoms with E-state index in [4.69, 9.17) is 12.2 Å². The molecule has 2 aliphatic rings. The molecule has 2 saturated heterocycles. The molecule has 0 aromatic carbocycles. The number of fused-ring (bicyclic) bond motifs is 1. The van der Waals surface area contributed by atoms with Crippen LogP contribution in [0.4, 0.5) is 0 Å². The summed E-state index contributed by atoms with van der Waals surface area (Å²) in [4.78, 5) is 3.67. The van der Waals surface area contributed by atoms with Gasteiger partial charge in [-0.25, -0.2) is 0 Å². The molecule has 2 fully saturated rings. The molecule has 0 bridgehead atoms. The van der Waals surface area contributed by atoms with Gasteiger partial charge in [0.2, 0.25) is 0 Å². The number of piperidine rings is 1. The second-order valence-electron chi connectivity index (χ2n) is 3.28. The van der Waals surface area contributed by atoms with Crippen molar-refractivity contribution in [2.45, 2.75) is 38.1 Å². The van der Waals surface area contributed by atoms with E-state index < -0.39 is 0 Å². The molecule has 0 amide bonds. The predicted octanol–water partition coefficient (Wildman–Crippen LogP) is 1.96. The van der Waals surface area contributed by atoms with Crippen LogP contribution >= 0.6 is 12.2 Å². The first kappa shape index (κ1) is 6.59. The predicted molar refractivity (Wildman–Crippen MR) is 46.2 cm³/mol. The molecule has 1 unspecified atom stereocenters. The fourth-order valence-electron chi connectivity index (χ4n) is 2.06. The standard InChI is InChI=1S/C8H13NS/c10-8-5-4-7-3-1-2-6-9(7)8/h7H,1-6H2. The Balaban J connectivity index is 2.08. The van der Waals surface area contributed by atoms with Gasteiger partial charge in [-0.3, -0.25) is 0 Å². The van der Waals surface area contributed by atoms with Crippen LogP contribution in [0.3, 0.4) is 0 Å². The molecular formula is C8H13NS. The lowest BCUT2D eigenvalue weighted by Gasteiger charge is -2.30. The lowest BCUT2D eigenvalue weighted by atomic mass is 10.0. The molecule has 2 rings (SSSR count). The maximum atomic E-state index is 5.24. The van der Waals surface area contributed by atoms with Crippen molar-refractivity contribution in [1.82, 2.24) is 4.90 Å². The highest BCUT2D eigenvalue weighted by atomic mass is 32.1. The van der Waals surface area contributed by atoms with Crippen LogP contribution in [-0.2, 0) is 0 Å². The molecule has 56 valence electrons.